The number of furan rings is 2. The van der Waals surface area contributed by atoms with Gasteiger partial charge in [0.15, 0.2) is 0 Å². The fourth-order valence-electron chi connectivity index (χ4n) is 7.37. The second kappa shape index (κ2) is 11.0. The molecule has 3 nitrogen and oxygen atoms in total. The third-order valence-corrected chi connectivity index (χ3v) is 9.65. The van der Waals surface area contributed by atoms with Crippen LogP contribution >= 0.6 is 0 Å². The summed E-state index contributed by atoms with van der Waals surface area (Å²) in [6, 6.07) is 61.8. The molecule has 0 aliphatic carbocycles. The topological polar surface area (TPSA) is 29.5 Å². The van der Waals surface area contributed by atoms with Crippen LogP contribution in [0.2, 0.25) is 0 Å². The Kier molecular flexibility index (Phi) is 6.18. The molecule has 0 aliphatic rings. The zero-order valence-electron chi connectivity index (χ0n) is 26.5. The molecule has 230 valence electrons. The first kappa shape index (κ1) is 27.5. The number of rotatable bonds is 5. The van der Waals surface area contributed by atoms with Gasteiger partial charge in [0.1, 0.15) is 22.3 Å². The number of hydrogen-bond donors (Lipinski definition) is 0. The molecule has 10 aromatic rings. The minimum atomic E-state index is 0.836. The largest absolute Gasteiger partial charge is 0.455 e. The van der Waals surface area contributed by atoms with Crippen LogP contribution in [0.15, 0.2) is 185 Å². The van der Waals surface area contributed by atoms with Crippen molar-refractivity contribution in [1.82, 2.24) is 0 Å². The van der Waals surface area contributed by atoms with Crippen LogP contribution in [-0.2, 0) is 0 Å². The second-order valence-corrected chi connectivity index (χ2v) is 12.5. The van der Waals surface area contributed by atoms with Crippen molar-refractivity contribution in [3.05, 3.63) is 176 Å². The fraction of sp³-hybridized carbons (Fsp3) is 0. The zero-order valence-corrected chi connectivity index (χ0v) is 26.5. The number of anilines is 3. The van der Waals surface area contributed by atoms with E-state index in [2.05, 4.69) is 163 Å². The van der Waals surface area contributed by atoms with Crippen molar-refractivity contribution in [3.8, 4) is 22.3 Å². The Bertz CT molecular complexity index is 2810. The lowest BCUT2D eigenvalue weighted by atomic mass is 9.94. The van der Waals surface area contributed by atoms with Gasteiger partial charge in [-0.1, -0.05) is 121 Å². The average molecular weight is 628 g/mol. The Morgan fingerprint density at radius 1 is 0.347 bits per heavy atom. The number of fused-ring (bicyclic) bond motifs is 7. The summed E-state index contributed by atoms with van der Waals surface area (Å²) in [6.45, 7) is 0. The summed E-state index contributed by atoms with van der Waals surface area (Å²) >= 11 is 0. The minimum Gasteiger partial charge on any atom is -0.455 e. The van der Waals surface area contributed by atoms with E-state index < -0.39 is 0 Å². The SMILES string of the molecule is c1ccc(-c2ccc(N(c3ccccc3)c3ccc4c(c3)oc3c(-c5cccc6c5oc5ccccc56)c5ccccc5cc34)cc2)cc1. The molecule has 0 radical (unpaired) electrons. The molecule has 8 aromatic carbocycles. The molecule has 0 fully saturated rings. The first-order valence-electron chi connectivity index (χ1n) is 16.6. The molecule has 0 N–H and O–H groups in total. The molecule has 0 unspecified atom stereocenters. The van der Waals surface area contributed by atoms with Crippen molar-refractivity contribution < 1.29 is 8.83 Å². The van der Waals surface area contributed by atoms with Gasteiger partial charge in [-0.2, -0.15) is 0 Å². The van der Waals surface area contributed by atoms with Crippen LogP contribution in [0.1, 0.15) is 0 Å². The highest BCUT2D eigenvalue weighted by molar-refractivity contribution is 6.22. The number of benzene rings is 8. The highest BCUT2D eigenvalue weighted by Gasteiger charge is 2.22. The monoisotopic (exact) mass is 627 g/mol. The maximum atomic E-state index is 6.94. The number of nitrogens with zero attached hydrogens (tertiary/aromatic N) is 1. The summed E-state index contributed by atoms with van der Waals surface area (Å²) < 4.78 is 13.5. The van der Waals surface area contributed by atoms with Crippen molar-refractivity contribution >= 4 is 71.7 Å². The van der Waals surface area contributed by atoms with Crippen molar-refractivity contribution in [2.45, 2.75) is 0 Å². The van der Waals surface area contributed by atoms with E-state index in [0.717, 1.165) is 82.8 Å². The van der Waals surface area contributed by atoms with Crippen LogP contribution < -0.4 is 4.90 Å². The highest BCUT2D eigenvalue weighted by Crippen LogP contribution is 2.46. The molecule has 49 heavy (non-hydrogen) atoms. The van der Waals surface area contributed by atoms with Gasteiger partial charge in [-0.3, -0.25) is 0 Å². The number of hydrogen-bond acceptors (Lipinski definition) is 3. The molecule has 0 spiro atoms. The summed E-state index contributed by atoms with van der Waals surface area (Å²) in [6.07, 6.45) is 0. The first-order chi connectivity index (χ1) is 24.3. The smallest absolute Gasteiger partial charge is 0.144 e. The predicted molar refractivity (Wildman–Crippen MR) is 204 cm³/mol. The highest BCUT2D eigenvalue weighted by atomic mass is 16.3. The Hall–Kier alpha value is -6.58. The maximum absolute atomic E-state index is 6.94. The van der Waals surface area contributed by atoms with Gasteiger partial charge in [-0.25, -0.2) is 0 Å². The third-order valence-electron chi connectivity index (χ3n) is 9.65. The van der Waals surface area contributed by atoms with Crippen LogP contribution in [-0.4, -0.2) is 0 Å². The maximum Gasteiger partial charge on any atom is 0.144 e. The zero-order chi connectivity index (χ0) is 32.3. The van der Waals surface area contributed by atoms with Crippen molar-refractivity contribution in [3.63, 3.8) is 0 Å². The molecule has 0 saturated carbocycles. The van der Waals surface area contributed by atoms with E-state index in [-0.39, 0.29) is 0 Å². The molecule has 0 aliphatic heterocycles. The normalized spacial score (nSPS) is 11.7. The van der Waals surface area contributed by atoms with Gasteiger partial charge in [0.05, 0.1) is 0 Å². The van der Waals surface area contributed by atoms with Gasteiger partial charge < -0.3 is 13.7 Å². The Labute approximate surface area is 282 Å². The van der Waals surface area contributed by atoms with E-state index in [4.69, 9.17) is 8.83 Å². The van der Waals surface area contributed by atoms with Crippen LogP contribution in [0, 0.1) is 0 Å². The standard InChI is InChI=1S/C46H29NO2/c1-3-12-30(13-4-1)31-22-24-34(25-23-31)47(33-15-5-2-6-16-33)35-26-27-38-41-28-32-14-7-8-17-36(32)44(46(41)49-43(38)29-35)40-20-11-19-39-37-18-9-10-21-42(37)48-45(39)40/h1-29H. The summed E-state index contributed by atoms with van der Waals surface area (Å²) in [7, 11) is 0. The van der Waals surface area contributed by atoms with Crippen molar-refractivity contribution in [2.24, 2.45) is 0 Å². The van der Waals surface area contributed by atoms with Crippen molar-refractivity contribution in [2.75, 3.05) is 4.90 Å². The van der Waals surface area contributed by atoms with Gasteiger partial charge in [-0.05, 0) is 70.4 Å². The summed E-state index contributed by atoms with van der Waals surface area (Å²) in [5.41, 5.74) is 11.1. The van der Waals surface area contributed by atoms with Gasteiger partial charge >= 0.3 is 0 Å². The second-order valence-electron chi connectivity index (χ2n) is 12.5. The lowest BCUT2D eigenvalue weighted by Gasteiger charge is -2.25. The average Bonchev–Trinajstić information content (AvgIpc) is 3.73. The molecule has 2 heterocycles. The van der Waals surface area contributed by atoms with Gasteiger partial charge in [0.2, 0.25) is 0 Å². The van der Waals surface area contributed by atoms with Crippen LogP contribution in [0.3, 0.4) is 0 Å². The van der Waals surface area contributed by atoms with Crippen molar-refractivity contribution in [1.29, 1.82) is 0 Å². The van der Waals surface area contributed by atoms with E-state index in [9.17, 15) is 0 Å². The first-order valence-corrected chi connectivity index (χ1v) is 16.6. The van der Waals surface area contributed by atoms with Crippen LogP contribution in [0.25, 0.3) is 76.9 Å². The Balaban J connectivity index is 1.19. The van der Waals surface area contributed by atoms with Gasteiger partial charge in [0, 0.05) is 55.8 Å². The van der Waals surface area contributed by atoms with E-state index in [0.29, 0.717) is 0 Å². The number of para-hydroxylation sites is 3. The molecule has 3 heteroatoms. The molecule has 0 amide bonds. The van der Waals surface area contributed by atoms with E-state index >= 15 is 0 Å². The van der Waals surface area contributed by atoms with Crippen LogP contribution in [0.4, 0.5) is 17.1 Å². The van der Waals surface area contributed by atoms with Gasteiger partial charge in [0.25, 0.3) is 0 Å². The van der Waals surface area contributed by atoms with E-state index in [1.165, 1.54) is 11.1 Å². The van der Waals surface area contributed by atoms with Gasteiger partial charge in [-0.15, -0.1) is 0 Å². The summed E-state index contributed by atoms with van der Waals surface area (Å²) in [5.74, 6) is 0. The predicted octanol–water partition coefficient (Wildman–Crippen LogP) is 13.4. The molecular weight excluding hydrogens is 599 g/mol. The van der Waals surface area contributed by atoms with E-state index in [1.807, 2.05) is 18.2 Å². The molecule has 0 bridgehead atoms. The summed E-state index contributed by atoms with van der Waals surface area (Å²) in [5, 5.41) is 6.67. The molecule has 10 rings (SSSR count). The molecule has 0 atom stereocenters. The molecular formula is C46H29NO2. The lowest BCUT2D eigenvalue weighted by molar-refractivity contribution is 0.665. The van der Waals surface area contributed by atoms with E-state index in [1.54, 1.807) is 0 Å². The fourth-order valence-corrected chi connectivity index (χ4v) is 7.37. The quantitative estimate of drug-likeness (QED) is 0.190. The summed E-state index contributed by atoms with van der Waals surface area (Å²) in [4.78, 5) is 2.29. The Morgan fingerprint density at radius 3 is 1.80 bits per heavy atom. The van der Waals surface area contributed by atoms with Crippen LogP contribution in [0.5, 0.6) is 0 Å². The molecule has 0 saturated heterocycles. The minimum absolute atomic E-state index is 0.836. The lowest BCUT2D eigenvalue weighted by Crippen LogP contribution is -2.09. The Morgan fingerprint density at radius 2 is 0.959 bits per heavy atom. The third kappa shape index (κ3) is 4.44. The molecule has 2 aromatic heterocycles.